The number of hydrogen-bond donors (Lipinski definition) is 1. The molecule has 0 aliphatic carbocycles. The van der Waals surface area contributed by atoms with Crippen molar-refractivity contribution in [1.29, 1.82) is 0 Å². The molecule has 0 spiro atoms. The van der Waals surface area contributed by atoms with Crippen LogP contribution in [0.3, 0.4) is 0 Å². The molecule has 0 atom stereocenters. The van der Waals surface area contributed by atoms with Crippen LogP contribution in [0.15, 0.2) is 78.7 Å². The van der Waals surface area contributed by atoms with Crippen molar-refractivity contribution < 1.29 is 14.7 Å². The predicted octanol–water partition coefficient (Wildman–Crippen LogP) is 4.74. The van der Waals surface area contributed by atoms with Gasteiger partial charge in [-0.1, -0.05) is 0 Å². The van der Waals surface area contributed by atoms with Crippen molar-refractivity contribution in [3.8, 4) is 0 Å². The standard InChI is InChI=1S/C32H37B2N3O3/c1-22(2)8-6-11-28-23(3)18-31(39)37(28)24-12-14-34(15-13-24)30-19-27(35-21-33-30)32(40)26-20-36(16-7-17-38)29-10-5-4-9-25(26)29/h4-6,8-11,19-22,24,38H,3,7,12-18H2,1-2H3/b8-6-,28-11+. The Labute approximate surface area is 237 Å². The van der Waals surface area contributed by atoms with Gasteiger partial charge in [0.25, 0.3) is 0 Å². The van der Waals surface area contributed by atoms with E-state index in [9.17, 15) is 14.7 Å². The summed E-state index contributed by atoms with van der Waals surface area (Å²) in [5, 5.41) is 11.3. The first-order chi connectivity index (χ1) is 19.4. The van der Waals surface area contributed by atoms with E-state index in [-0.39, 0.29) is 24.3 Å². The van der Waals surface area contributed by atoms with Crippen molar-refractivity contribution >= 4 is 41.6 Å². The fourth-order valence-corrected chi connectivity index (χ4v) is 6.11. The number of nitrogens with zero attached hydrogens (tertiary/aromatic N) is 3. The Bertz CT molecular complexity index is 1480. The Kier molecular flexibility index (Phi) is 8.65. The van der Waals surface area contributed by atoms with Gasteiger partial charge in [-0.05, 0) is 0 Å². The molecule has 0 bridgehead atoms. The minimum atomic E-state index is -0.0834. The second-order valence-corrected chi connectivity index (χ2v) is 11.4. The first-order valence-electron chi connectivity index (χ1n) is 14.5. The number of ketones is 1. The normalized spacial score (nSPS) is 17.8. The maximum absolute atomic E-state index is 13.7. The first-order valence-corrected chi connectivity index (χ1v) is 14.5. The van der Waals surface area contributed by atoms with Crippen molar-refractivity contribution in [3.63, 3.8) is 0 Å². The number of para-hydroxylation sites is 1. The number of amides is 1. The number of aromatic nitrogens is 2. The SMILES string of the molecule is C=C1CC(=O)N(C2CCB(c3bcnc(C(=O)c4cn(CCCO)c5ccccc45)c3)CC2)/C1=C/C=C\C(C)C. The summed E-state index contributed by atoms with van der Waals surface area (Å²) < 4.78 is 2.04. The van der Waals surface area contributed by atoms with Crippen LogP contribution < -0.4 is 5.36 Å². The maximum atomic E-state index is 13.7. The number of carbonyl (C=O) groups excluding carboxylic acids is 2. The van der Waals surface area contributed by atoms with Crippen molar-refractivity contribution in [1.82, 2.24) is 14.5 Å². The van der Waals surface area contributed by atoms with Gasteiger partial charge >= 0.3 is 238 Å². The van der Waals surface area contributed by atoms with Gasteiger partial charge in [-0.25, -0.2) is 0 Å². The predicted molar refractivity (Wildman–Crippen MR) is 163 cm³/mol. The molecule has 1 amide bonds. The van der Waals surface area contributed by atoms with E-state index in [0.29, 0.717) is 43.3 Å². The average molecular weight is 533 g/mol. The summed E-state index contributed by atoms with van der Waals surface area (Å²) in [5.41, 5.74) is 3.94. The van der Waals surface area contributed by atoms with E-state index < -0.39 is 0 Å². The van der Waals surface area contributed by atoms with E-state index in [1.54, 1.807) is 6.09 Å². The molecule has 6 nitrogen and oxygen atoms in total. The Hall–Kier alpha value is -3.51. The molecular formula is C32H37B2N3O3. The molecule has 0 radical (unpaired) electrons. The molecular weight excluding hydrogens is 496 g/mol. The van der Waals surface area contributed by atoms with E-state index >= 15 is 0 Å². The molecule has 2 aromatic heterocycles. The van der Waals surface area contributed by atoms with Crippen molar-refractivity contribution in [3.05, 3.63) is 90.0 Å². The quantitative estimate of drug-likeness (QED) is 0.319. The summed E-state index contributed by atoms with van der Waals surface area (Å²) in [6.07, 6.45) is 14.6. The third-order valence-corrected chi connectivity index (χ3v) is 8.15. The second kappa shape index (κ2) is 12.3. The van der Waals surface area contributed by atoms with Gasteiger partial charge in [-0.3, -0.25) is 0 Å². The molecule has 2 saturated heterocycles. The fourth-order valence-electron chi connectivity index (χ4n) is 6.11. The number of benzene rings is 1. The van der Waals surface area contributed by atoms with Gasteiger partial charge in [0.15, 0.2) is 0 Å². The molecule has 2 aliphatic heterocycles. The Morgan fingerprint density at radius 1 is 1.27 bits per heavy atom. The zero-order valence-electron chi connectivity index (χ0n) is 23.6. The Morgan fingerprint density at radius 3 is 2.80 bits per heavy atom. The van der Waals surface area contributed by atoms with Crippen LogP contribution in [0, 0.1) is 5.92 Å². The molecule has 0 saturated carbocycles. The summed E-state index contributed by atoms with van der Waals surface area (Å²) in [4.78, 5) is 33.0. The molecule has 0 unspecified atom stereocenters. The van der Waals surface area contributed by atoms with Gasteiger partial charge in [0.05, 0.1) is 0 Å². The topological polar surface area (TPSA) is 75.4 Å². The molecule has 2 aliphatic rings. The van der Waals surface area contributed by atoms with Crippen LogP contribution in [-0.4, -0.2) is 57.5 Å². The van der Waals surface area contributed by atoms with Crippen molar-refractivity contribution in [2.75, 3.05) is 6.61 Å². The van der Waals surface area contributed by atoms with Gasteiger partial charge in [0.2, 0.25) is 0 Å². The molecule has 5 rings (SSSR count). The first kappa shape index (κ1) is 28.0. The van der Waals surface area contributed by atoms with E-state index in [1.165, 1.54) is 0 Å². The summed E-state index contributed by atoms with van der Waals surface area (Å²) in [6.45, 7) is 11.5. The van der Waals surface area contributed by atoms with Crippen LogP contribution in [0.4, 0.5) is 0 Å². The molecule has 4 heterocycles. The van der Waals surface area contributed by atoms with Crippen LogP contribution in [-0.2, 0) is 11.3 Å². The summed E-state index contributed by atoms with van der Waals surface area (Å²) >= 11 is 0. The van der Waals surface area contributed by atoms with E-state index in [0.717, 1.165) is 53.0 Å². The van der Waals surface area contributed by atoms with Crippen LogP contribution in [0.5, 0.6) is 0 Å². The molecule has 204 valence electrons. The van der Waals surface area contributed by atoms with Gasteiger partial charge in [-0.15, -0.1) is 0 Å². The fraction of sp³-hybridized carbons (Fsp3) is 0.375. The number of rotatable bonds is 9. The number of aliphatic hydroxyl groups excluding tert-OH is 1. The molecule has 8 heteroatoms. The van der Waals surface area contributed by atoms with Crippen LogP contribution in [0.25, 0.3) is 10.9 Å². The zero-order chi connectivity index (χ0) is 28.2. The summed E-state index contributed by atoms with van der Waals surface area (Å²) in [5.74, 6) is 0.514. The second-order valence-electron chi connectivity index (χ2n) is 11.4. The number of allylic oxidation sites excluding steroid dienone is 4. The summed E-state index contributed by atoms with van der Waals surface area (Å²) in [6, 6.07) is 10.0. The molecule has 1 aromatic carbocycles. The minimum absolute atomic E-state index is 0.0834. The number of carbonyl (C=O) groups is 2. The third kappa shape index (κ3) is 5.83. The number of likely N-dealkylation sites (tertiary alicyclic amines) is 1. The number of hydrogen-bond acceptors (Lipinski definition) is 4. The van der Waals surface area contributed by atoms with Crippen LogP contribution in [0.2, 0.25) is 12.6 Å². The van der Waals surface area contributed by atoms with Gasteiger partial charge < -0.3 is 0 Å². The van der Waals surface area contributed by atoms with Crippen LogP contribution in [0.1, 0.15) is 55.6 Å². The molecule has 3 aromatic rings. The van der Waals surface area contributed by atoms with E-state index in [1.807, 2.05) is 65.1 Å². The van der Waals surface area contributed by atoms with Gasteiger partial charge in [0.1, 0.15) is 0 Å². The van der Waals surface area contributed by atoms with Gasteiger partial charge in [-0.2, -0.15) is 0 Å². The Morgan fingerprint density at radius 2 is 2.05 bits per heavy atom. The van der Waals surface area contributed by atoms with Crippen molar-refractivity contribution in [2.45, 2.75) is 64.8 Å². The number of aryl methyl sites for hydroxylation is 1. The van der Waals surface area contributed by atoms with E-state index in [4.69, 9.17) is 0 Å². The zero-order valence-corrected chi connectivity index (χ0v) is 23.6. The van der Waals surface area contributed by atoms with Crippen LogP contribution >= 0.6 is 0 Å². The molecule has 40 heavy (non-hydrogen) atoms. The average Bonchev–Trinajstić information content (AvgIpc) is 3.47. The third-order valence-electron chi connectivity index (χ3n) is 8.15. The van der Waals surface area contributed by atoms with E-state index in [2.05, 4.69) is 31.5 Å². The summed E-state index contributed by atoms with van der Waals surface area (Å²) in [7, 11) is 0. The van der Waals surface area contributed by atoms with Gasteiger partial charge in [0, 0.05) is 0 Å². The number of aliphatic hydroxyl groups is 1. The monoisotopic (exact) mass is 533 g/mol. The molecule has 2 fully saturated rings. The molecule has 1 N–H and O–H groups in total. The number of fused-ring (bicyclic) bond motifs is 1. The van der Waals surface area contributed by atoms with Crippen molar-refractivity contribution in [2.24, 2.45) is 5.92 Å². The Balaban J connectivity index is 1.31.